The van der Waals surface area contributed by atoms with Gasteiger partial charge in [-0.25, -0.2) is 0 Å². The van der Waals surface area contributed by atoms with Gasteiger partial charge in [0.2, 0.25) is 5.91 Å². The molecule has 2 amide bonds. The Morgan fingerprint density at radius 3 is 2.36 bits per heavy atom. The standard InChI is InChI=1S/C22H20N2O3S/c1-16-21(25)24(14-13-23(16)22(26)20-8-5-15-28-20)17-9-11-19(12-10-17)27-18-6-3-2-4-7-18/h2-12,15-16H,13-14H2,1H3/t16-/m0/s1. The highest BCUT2D eigenvalue weighted by Crippen LogP contribution is 2.27. The molecule has 1 aromatic heterocycles. The Hall–Kier alpha value is -3.12. The number of benzene rings is 2. The van der Waals surface area contributed by atoms with Crippen LogP contribution in [0.15, 0.2) is 72.1 Å². The normalized spacial score (nSPS) is 16.9. The lowest BCUT2D eigenvalue weighted by Crippen LogP contribution is -2.57. The highest BCUT2D eigenvalue weighted by molar-refractivity contribution is 7.12. The van der Waals surface area contributed by atoms with Gasteiger partial charge in [-0.15, -0.1) is 11.3 Å². The number of anilines is 1. The Kier molecular flexibility index (Phi) is 5.12. The first kappa shape index (κ1) is 18.3. The molecule has 0 spiro atoms. The number of carbonyl (C=O) groups is 2. The summed E-state index contributed by atoms with van der Waals surface area (Å²) >= 11 is 1.40. The van der Waals surface area contributed by atoms with Gasteiger partial charge in [0.25, 0.3) is 5.91 Å². The highest BCUT2D eigenvalue weighted by atomic mass is 32.1. The number of para-hydroxylation sites is 1. The van der Waals surface area contributed by atoms with Crippen LogP contribution < -0.4 is 9.64 Å². The molecule has 0 unspecified atom stereocenters. The van der Waals surface area contributed by atoms with Crippen LogP contribution in [0.4, 0.5) is 5.69 Å². The molecule has 142 valence electrons. The van der Waals surface area contributed by atoms with Gasteiger partial charge in [-0.2, -0.15) is 0 Å². The first-order valence-electron chi connectivity index (χ1n) is 9.12. The Labute approximate surface area is 167 Å². The third kappa shape index (κ3) is 3.64. The summed E-state index contributed by atoms with van der Waals surface area (Å²) < 4.78 is 5.80. The first-order chi connectivity index (χ1) is 13.6. The Balaban J connectivity index is 1.45. The lowest BCUT2D eigenvalue weighted by atomic mass is 10.1. The quantitative estimate of drug-likeness (QED) is 0.660. The average molecular weight is 392 g/mol. The van der Waals surface area contributed by atoms with Gasteiger partial charge < -0.3 is 14.5 Å². The van der Waals surface area contributed by atoms with Crippen LogP contribution in [-0.2, 0) is 4.79 Å². The number of piperazine rings is 1. The summed E-state index contributed by atoms with van der Waals surface area (Å²) in [6.07, 6.45) is 0. The second-order valence-corrected chi connectivity index (χ2v) is 7.50. The Bertz CT molecular complexity index is 955. The maximum absolute atomic E-state index is 12.9. The van der Waals surface area contributed by atoms with Gasteiger partial charge in [0.05, 0.1) is 4.88 Å². The van der Waals surface area contributed by atoms with Gasteiger partial charge in [0, 0.05) is 18.8 Å². The number of ether oxygens (including phenoxy) is 1. The average Bonchev–Trinajstić information content (AvgIpc) is 3.26. The van der Waals surface area contributed by atoms with Crippen molar-refractivity contribution in [2.24, 2.45) is 0 Å². The van der Waals surface area contributed by atoms with Gasteiger partial charge in [0.1, 0.15) is 17.5 Å². The SMILES string of the molecule is C[C@H]1C(=O)N(c2ccc(Oc3ccccc3)cc2)CCN1C(=O)c1cccs1. The van der Waals surface area contributed by atoms with Crippen LogP contribution >= 0.6 is 11.3 Å². The van der Waals surface area contributed by atoms with Crippen molar-refractivity contribution in [1.29, 1.82) is 0 Å². The van der Waals surface area contributed by atoms with Crippen LogP contribution in [0, 0.1) is 0 Å². The molecule has 1 saturated heterocycles. The van der Waals surface area contributed by atoms with Crippen molar-refractivity contribution >= 4 is 28.8 Å². The zero-order valence-corrected chi connectivity index (χ0v) is 16.3. The number of thiophene rings is 1. The maximum Gasteiger partial charge on any atom is 0.264 e. The minimum atomic E-state index is -0.497. The van der Waals surface area contributed by atoms with Crippen molar-refractivity contribution in [2.75, 3.05) is 18.0 Å². The van der Waals surface area contributed by atoms with Crippen LogP contribution in [0.1, 0.15) is 16.6 Å². The fourth-order valence-corrected chi connectivity index (χ4v) is 3.94. The molecule has 6 heteroatoms. The van der Waals surface area contributed by atoms with Gasteiger partial charge in [-0.05, 0) is 54.8 Å². The first-order valence-corrected chi connectivity index (χ1v) is 10.0. The largest absolute Gasteiger partial charge is 0.457 e. The van der Waals surface area contributed by atoms with Gasteiger partial charge >= 0.3 is 0 Å². The highest BCUT2D eigenvalue weighted by Gasteiger charge is 2.35. The zero-order valence-electron chi connectivity index (χ0n) is 15.4. The van der Waals surface area contributed by atoms with Crippen LogP contribution in [0.5, 0.6) is 11.5 Å². The van der Waals surface area contributed by atoms with E-state index in [-0.39, 0.29) is 11.8 Å². The Morgan fingerprint density at radius 1 is 0.964 bits per heavy atom. The second kappa shape index (κ2) is 7.86. The van der Waals surface area contributed by atoms with E-state index in [2.05, 4.69) is 0 Å². The van der Waals surface area contributed by atoms with Crippen molar-refractivity contribution in [1.82, 2.24) is 4.90 Å². The molecule has 0 radical (unpaired) electrons. The van der Waals surface area contributed by atoms with Crippen molar-refractivity contribution < 1.29 is 14.3 Å². The number of amides is 2. The topological polar surface area (TPSA) is 49.9 Å². The summed E-state index contributed by atoms with van der Waals surface area (Å²) in [5, 5.41) is 1.87. The molecule has 1 atom stereocenters. The van der Waals surface area contributed by atoms with E-state index in [0.717, 1.165) is 11.4 Å². The smallest absolute Gasteiger partial charge is 0.264 e. The molecule has 2 heterocycles. The summed E-state index contributed by atoms with van der Waals surface area (Å²) in [4.78, 5) is 29.6. The summed E-state index contributed by atoms with van der Waals surface area (Å²) in [6, 6.07) is 20.1. The van der Waals surface area contributed by atoms with Crippen molar-refractivity contribution in [2.45, 2.75) is 13.0 Å². The number of carbonyl (C=O) groups excluding carboxylic acids is 2. The molecule has 1 aliphatic heterocycles. The van der Waals surface area contributed by atoms with E-state index in [4.69, 9.17) is 4.74 Å². The Morgan fingerprint density at radius 2 is 1.68 bits per heavy atom. The number of nitrogens with zero attached hydrogens (tertiary/aromatic N) is 2. The summed E-state index contributed by atoms with van der Waals surface area (Å²) in [5.41, 5.74) is 0.806. The third-order valence-corrected chi connectivity index (χ3v) is 5.63. The number of hydrogen-bond acceptors (Lipinski definition) is 4. The summed E-state index contributed by atoms with van der Waals surface area (Å²) in [6.45, 7) is 2.76. The van der Waals surface area contributed by atoms with Crippen LogP contribution in [0.3, 0.4) is 0 Å². The van der Waals surface area contributed by atoms with Gasteiger partial charge in [0.15, 0.2) is 0 Å². The van der Waals surface area contributed by atoms with E-state index < -0.39 is 6.04 Å². The van der Waals surface area contributed by atoms with Crippen LogP contribution in [0.2, 0.25) is 0 Å². The van der Waals surface area contributed by atoms with E-state index in [1.807, 2.05) is 66.0 Å². The maximum atomic E-state index is 12.9. The van der Waals surface area contributed by atoms with E-state index in [1.165, 1.54) is 11.3 Å². The van der Waals surface area contributed by atoms with E-state index in [0.29, 0.717) is 23.7 Å². The van der Waals surface area contributed by atoms with Crippen molar-refractivity contribution in [3.63, 3.8) is 0 Å². The lowest BCUT2D eigenvalue weighted by Gasteiger charge is -2.39. The van der Waals surface area contributed by atoms with E-state index >= 15 is 0 Å². The lowest BCUT2D eigenvalue weighted by molar-refractivity contribution is -0.124. The molecule has 3 aromatic rings. The summed E-state index contributed by atoms with van der Waals surface area (Å²) in [5.74, 6) is 1.32. The number of hydrogen-bond donors (Lipinski definition) is 0. The molecule has 2 aromatic carbocycles. The summed E-state index contributed by atoms with van der Waals surface area (Å²) in [7, 11) is 0. The van der Waals surface area contributed by atoms with Crippen LogP contribution in [-0.4, -0.2) is 35.8 Å². The molecular formula is C22H20N2O3S. The van der Waals surface area contributed by atoms with E-state index in [1.54, 1.807) is 22.8 Å². The fourth-order valence-electron chi connectivity index (χ4n) is 3.26. The van der Waals surface area contributed by atoms with Crippen LogP contribution in [0.25, 0.3) is 0 Å². The van der Waals surface area contributed by atoms with Crippen molar-refractivity contribution in [3.8, 4) is 11.5 Å². The molecular weight excluding hydrogens is 372 g/mol. The zero-order chi connectivity index (χ0) is 19.5. The molecule has 0 N–H and O–H groups in total. The molecule has 0 saturated carbocycles. The second-order valence-electron chi connectivity index (χ2n) is 6.55. The van der Waals surface area contributed by atoms with Crippen molar-refractivity contribution in [3.05, 3.63) is 77.0 Å². The molecule has 1 aliphatic rings. The molecule has 1 fully saturated rings. The van der Waals surface area contributed by atoms with E-state index in [9.17, 15) is 9.59 Å². The monoisotopic (exact) mass is 392 g/mol. The minimum absolute atomic E-state index is 0.0760. The fraction of sp³-hybridized carbons (Fsp3) is 0.182. The molecule has 0 bridgehead atoms. The molecule has 4 rings (SSSR count). The predicted octanol–water partition coefficient (Wildman–Crippen LogP) is 4.42. The molecule has 5 nitrogen and oxygen atoms in total. The van der Waals surface area contributed by atoms with Gasteiger partial charge in [-0.1, -0.05) is 24.3 Å². The molecule has 28 heavy (non-hydrogen) atoms. The number of rotatable bonds is 4. The minimum Gasteiger partial charge on any atom is -0.457 e. The van der Waals surface area contributed by atoms with Gasteiger partial charge in [-0.3, -0.25) is 9.59 Å². The predicted molar refractivity (Wildman–Crippen MR) is 110 cm³/mol. The molecule has 0 aliphatic carbocycles. The third-order valence-electron chi connectivity index (χ3n) is 4.78.